The summed E-state index contributed by atoms with van der Waals surface area (Å²) < 4.78 is 0. The molecule has 6 atom stereocenters. The highest BCUT2D eigenvalue weighted by atomic mass is 32.2. The van der Waals surface area contributed by atoms with Gasteiger partial charge in [-0.15, -0.1) is 10.2 Å². The maximum atomic E-state index is 13.1. The monoisotopic (exact) mass is 742 g/mol. The van der Waals surface area contributed by atoms with Gasteiger partial charge in [-0.3, -0.25) is 9.80 Å². The minimum absolute atomic E-state index is 0.390. The first-order chi connectivity index (χ1) is 25.4. The quantitative estimate of drug-likeness (QED) is 0.167. The van der Waals surface area contributed by atoms with E-state index in [1.54, 1.807) is 0 Å². The molecule has 4 aliphatic rings. The smallest absolute Gasteiger partial charge is 0.314 e. The molecule has 2 aromatic carbocycles. The van der Waals surface area contributed by atoms with E-state index in [9.17, 15) is 9.59 Å². The molecule has 2 fully saturated rings. The molecule has 10 nitrogen and oxygen atoms in total. The summed E-state index contributed by atoms with van der Waals surface area (Å²) in [7, 11) is 0. The number of carbonyl (C=O) groups excluding carboxylic acids is 2. The zero-order chi connectivity index (χ0) is 35.9. The summed E-state index contributed by atoms with van der Waals surface area (Å²) >= 11 is 3.86. The Kier molecular flexibility index (Phi) is 10.4. The number of thioether (sulfide) groups is 2. The Morgan fingerprint density at radius 1 is 0.731 bits per heavy atom. The van der Waals surface area contributed by atoms with Gasteiger partial charge in [-0.2, -0.15) is 23.5 Å². The molecule has 8 rings (SSSR count). The molecule has 0 spiro atoms. The number of likely N-dealkylation sites (tertiary alicyclic amines) is 2. The molecule has 2 unspecified atom stereocenters. The van der Waals surface area contributed by atoms with Crippen molar-refractivity contribution in [2.45, 2.75) is 76.3 Å². The molecule has 0 radical (unpaired) electrons. The van der Waals surface area contributed by atoms with Gasteiger partial charge in [0.2, 0.25) is 0 Å². The third kappa shape index (κ3) is 6.58. The summed E-state index contributed by atoms with van der Waals surface area (Å²) in [4.78, 5) is 45.7. The average molecular weight is 743 g/mol. The second-order valence-corrected chi connectivity index (χ2v) is 17.0. The van der Waals surface area contributed by atoms with Crippen molar-refractivity contribution in [2.75, 3.05) is 50.2 Å². The van der Waals surface area contributed by atoms with E-state index < -0.39 is 11.9 Å². The Bertz CT molecular complexity index is 1850. The molecule has 4 heterocycles. The lowest BCUT2D eigenvalue weighted by atomic mass is 9.73. The Morgan fingerprint density at radius 3 is 1.58 bits per heavy atom. The average Bonchev–Trinajstić information content (AvgIpc) is 3.67. The molecule has 0 bridgehead atoms. The lowest BCUT2D eigenvalue weighted by Crippen LogP contribution is -2.50. The second kappa shape index (κ2) is 15.2. The molecule has 52 heavy (non-hydrogen) atoms. The predicted molar refractivity (Wildman–Crippen MR) is 209 cm³/mol. The summed E-state index contributed by atoms with van der Waals surface area (Å²) in [5.74, 6) is 3.07. The van der Waals surface area contributed by atoms with Gasteiger partial charge in [0.05, 0.1) is 11.4 Å². The molecule has 0 saturated carbocycles. The normalized spacial score (nSPS) is 25.8. The summed E-state index contributed by atoms with van der Waals surface area (Å²) in [6.07, 6.45) is 12.8. The lowest BCUT2D eigenvalue weighted by Gasteiger charge is -2.46. The van der Waals surface area contributed by atoms with Crippen LogP contribution in [0.4, 0.5) is 0 Å². The van der Waals surface area contributed by atoms with Crippen LogP contribution < -0.4 is 9.68 Å². The van der Waals surface area contributed by atoms with E-state index >= 15 is 0 Å². The fourth-order valence-corrected chi connectivity index (χ4v) is 11.4. The third-order valence-electron chi connectivity index (χ3n) is 11.7. The number of carbonyl (C=O) groups is 2. The van der Waals surface area contributed by atoms with Crippen LogP contribution in [0.2, 0.25) is 0 Å². The van der Waals surface area contributed by atoms with Crippen LogP contribution >= 0.6 is 23.5 Å². The zero-order valence-electron chi connectivity index (χ0n) is 30.7. The topological polar surface area (TPSA) is 94.7 Å². The van der Waals surface area contributed by atoms with Crippen molar-refractivity contribution in [1.82, 2.24) is 29.7 Å². The van der Waals surface area contributed by atoms with Crippen molar-refractivity contribution < 1.29 is 19.3 Å². The SMILES string of the molecule is CCCN1CC(CSC)C[C@H]2c3cccc4c3c(nn4OC(=O)/C=C\C(=O)On3nc4c5c(cccc53)[C@@H]3CC(CSC)CN(CCC)[C@H]3C4)C[C@@H]21. The van der Waals surface area contributed by atoms with Crippen LogP contribution in [0.3, 0.4) is 0 Å². The molecule has 276 valence electrons. The van der Waals surface area contributed by atoms with Crippen LogP contribution in [-0.2, 0) is 22.4 Å². The number of hydrogen-bond donors (Lipinski definition) is 0. The van der Waals surface area contributed by atoms with Crippen molar-refractivity contribution in [3.05, 3.63) is 71.1 Å². The lowest BCUT2D eigenvalue weighted by molar-refractivity contribution is -0.142. The fraction of sp³-hybridized carbons (Fsp3) is 0.550. The van der Waals surface area contributed by atoms with Crippen LogP contribution in [-0.4, -0.2) is 104 Å². The highest BCUT2D eigenvalue weighted by molar-refractivity contribution is 7.98. The Labute approximate surface area is 314 Å². The van der Waals surface area contributed by atoms with E-state index in [1.807, 2.05) is 47.8 Å². The van der Waals surface area contributed by atoms with Gasteiger partial charge < -0.3 is 9.68 Å². The van der Waals surface area contributed by atoms with Crippen molar-refractivity contribution in [1.29, 1.82) is 0 Å². The summed E-state index contributed by atoms with van der Waals surface area (Å²) in [6, 6.07) is 13.2. The largest absolute Gasteiger partial charge is 0.358 e. The van der Waals surface area contributed by atoms with Gasteiger partial charge in [0.25, 0.3) is 0 Å². The van der Waals surface area contributed by atoms with Gasteiger partial charge in [0.1, 0.15) is 11.0 Å². The van der Waals surface area contributed by atoms with Gasteiger partial charge in [0, 0.05) is 72.8 Å². The van der Waals surface area contributed by atoms with E-state index in [4.69, 9.17) is 19.9 Å². The minimum atomic E-state index is -0.700. The molecular formula is C40H50N6O4S2. The molecule has 2 saturated heterocycles. The number of benzene rings is 2. The Balaban J connectivity index is 0.983. The molecule has 2 aromatic heterocycles. The molecule has 2 aliphatic heterocycles. The molecule has 4 aromatic rings. The number of rotatable bonds is 12. The zero-order valence-corrected chi connectivity index (χ0v) is 32.3. The summed E-state index contributed by atoms with van der Waals surface area (Å²) in [5, 5.41) is 11.8. The van der Waals surface area contributed by atoms with Gasteiger partial charge >= 0.3 is 11.9 Å². The molecule has 12 heteroatoms. The number of piperidine rings is 2. The second-order valence-electron chi connectivity index (χ2n) is 15.1. The number of hydrogen-bond acceptors (Lipinski definition) is 10. The van der Waals surface area contributed by atoms with E-state index in [1.165, 1.54) is 20.8 Å². The number of nitrogens with zero attached hydrogens (tertiary/aromatic N) is 6. The van der Waals surface area contributed by atoms with Gasteiger partial charge in [-0.05, 0) is 97.9 Å². The van der Waals surface area contributed by atoms with Gasteiger partial charge in [-0.25, -0.2) is 9.59 Å². The molecule has 0 amide bonds. The maximum absolute atomic E-state index is 13.1. The number of aromatic nitrogens is 4. The Morgan fingerprint density at radius 2 is 1.17 bits per heavy atom. The van der Waals surface area contributed by atoms with Crippen LogP contribution in [0.15, 0.2) is 48.6 Å². The van der Waals surface area contributed by atoms with Crippen LogP contribution in [0, 0.1) is 11.8 Å². The summed E-state index contributed by atoms with van der Waals surface area (Å²) in [5.41, 5.74) is 6.07. The Hall–Kier alpha value is -3.32. The highest BCUT2D eigenvalue weighted by Gasteiger charge is 2.43. The maximum Gasteiger partial charge on any atom is 0.358 e. The third-order valence-corrected chi connectivity index (χ3v) is 13.3. The first-order valence-electron chi connectivity index (χ1n) is 19.0. The van der Waals surface area contributed by atoms with Crippen molar-refractivity contribution in [3.8, 4) is 0 Å². The fourth-order valence-electron chi connectivity index (χ4n) is 9.93. The van der Waals surface area contributed by atoms with Crippen molar-refractivity contribution in [3.63, 3.8) is 0 Å². The van der Waals surface area contributed by atoms with E-state index in [-0.39, 0.29) is 0 Å². The first kappa shape index (κ1) is 35.7. The van der Waals surface area contributed by atoms with Crippen LogP contribution in [0.25, 0.3) is 21.8 Å². The van der Waals surface area contributed by atoms with E-state index in [0.717, 1.165) is 122 Å². The van der Waals surface area contributed by atoms with E-state index in [0.29, 0.717) is 35.8 Å². The highest BCUT2D eigenvalue weighted by Crippen LogP contribution is 2.46. The standard InChI is InChI=1S/C40H50N6O4S2/c1-5-15-43-21-25(23-51-3)17-29-27-9-7-11-33-39(27)31(19-35(29)43)41-45(33)49-37(47)13-14-38(48)50-46-34-12-8-10-28-30-18-26(24-52-4)22-44(16-6-2)36(30)20-32(42-46)40(28)34/h7-14,25-26,29-30,35-36H,5-6,15-24H2,1-4H3/b14-13-/t25?,26?,29-,30-,35-,36-/m0/s1. The minimum Gasteiger partial charge on any atom is -0.314 e. The van der Waals surface area contributed by atoms with Crippen molar-refractivity contribution in [2.24, 2.45) is 11.8 Å². The first-order valence-corrected chi connectivity index (χ1v) is 21.8. The van der Waals surface area contributed by atoms with Crippen molar-refractivity contribution >= 4 is 57.3 Å². The predicted octanol–water partition coefficient (Wildman–Crippen LogP) is 5.76. The molecule has 0 N–H and O–H groups in total. The van der Waals surface area contributed by atoms with Crippen LogP contribution in [0.5, 0.6) is 0 Å². The van der Waals surface area contributed by atoms with Crippen LogP contribution in [0.1, 0.15) is 73.9 Å². The number of fused-ring (bicyclic) bond motifs is 4. The molecule has 2 aliphatic carbocycles. The van der Waals surface area contributed by atoms with Gasteiger partial charge in [0.15, 0.2) is 0 Å². The van der Waals surface area contributed by atoms with E-state index in [2.05, 4.69) is 48.3 Å². The summed E-state index contributed by atoms with van der Waals surface area (Å²) in [6.45, 7) is 8.87. The molecular weight excluding hydrogens is 693 g/mol. The van der Waals surface area contributed by atoms with Gasteiger partial charge in [-0.1, -0.05) is 47.8 Å².